The van der Waals surface area contributed by atoms with Gasteiger partial charge >= 0.3 is 0 Å². The number of ether oxygens (including phenoxy) is 1. The second-order valence-corrected chi connectivity index (χ2v) is 4.64. The van der Waals surface area contributed by atoms with Gasteiger partial charge in [0.15, 0.2) is 0 Å². The first kappa shape index (κ1) is 12.5. The lowest BCUT2D eigenvalue weighted by molar-refractivity contribution is 0.410. The molecule has 5 nitrogen and oxygen atoms in total. The van der Waals surface area contributed by atoms with Gasteiger partial charge in [-0.1, -0.05) is 6.07 Å². The second kappa shape index (κ2) is 4.52. The van der Waals surface area contributed by atoms with Crippen molar-refractivity contribution < 1.29 is 9.84 Å². The Labute approximate surface area is 116 Å². The first-order chi connectivity index (χ1) is 9.58. The Bertz CT molecular complexity index is 793. The van der Waals surface area contributed by atoms with Crippen molar-refractivity contribution in [2.45, 2.75) is 6.92 Å². The standard InChI is InChI=1S/C15H14N3O2/c1-9-4-5-12-13(6-9)17-18(16-12)14-8-11(20-3)7-10(2)15(14)19/h4-8,19H,2H2,1,3H3. The molecule has 0 saturated carbocycles. The molecule has 1 aromatic heterocycles. The molecule has 0 atom stereocenters. The van der Waals surface area contributed by atoms with E-state index in [1.54, 1.807) is 19.2 Å². The molecule has 101 valence electrons. The highest BCUT2D eigenvalue weighted by molar-refractivity contribution is 5.75. The van der Waals surface area contributed by atoms with Crippen LogP contribution in [0.5, 0.6) is 11.5 Å². The number of aromatic nitrogens is 3. The van der Waals surface area contributed by atoms with E-state index in [-0.39, 0.29) is 5.75 Å². The van der Waals surface area contributed by atoms with E-state index in [2.05, 4.69) is 17.1 Å². The number of benzene rings is 2. The van der Waals surface area contributed by atoms with Crippen LogP contribution >= 0.6 is 0 Å². The molecule has 3 aromatic rings. The van der Waals surface area contributed by atoms with Gasteiger partial charge in [-0.05, 0) is 37.6 Å². The molecule has 2 aromatic carbocycles. The zero-order valence-electron chi connectivity index (χ0n) is 11.3. The fourth-order valence-electron chi connectivity index (χ4n) is 2.05. The van der Waals surface area contributed by atoms with Gasteiger partial charge in [-0.3, -0.25) is 0 Å². The summed E-state index contributed by atoms with van der Waals surface area (Å²) in [5.41, 5.74) is 3.57. The third kappa shape index (κ3) is 1.97. The second-order valence-electron chi connectivity index (χ2n) is 4.64. The molecular formula is C15H14N3O2. The number of hydrogen-bond donors (Lipinski definition) is 1. The molecule has 0 fully saturated rings. The predicted molar refractivity (Wildman–Crippen MR) is 76.3 cm³/mol. The largest absolute Gasteiger partial charge is 0.505 e. The molecule has 1 N–H and O–H groups in total. The summed E-state index contributed by atoms with van der Waals surface area (Å²) in [5, 5.41) is 18.9. The van der Waals surface area contributed by atoms with Crippen LogP contribution in [0.25, 0.3) is 16.7 Å². The first-order valence-corrected chi connectivity index (χ1v) is 6.15. The molecule has 0 amide bonds. The topological polar surface area (TPSA) is 60.2 Å². The Hall–Kier alpha value is -2.56. The average Bonchev–Trinajstić information content (AvgIpc) is 2.84. The van der Waals surface area contributed by atoms with Gasteiger partial charge in [0.05, 0.1) is 7.11 Å². The molecule has 0 saturated heterocycles. The van der Waals surface area contributed by atoms with E-state index in [0.717, 1.165) is 16.6 Å². The summed E-state index contributed by atoms with van der Waals surface area (Å²) in [7, 11) is 1.56. The summed E-state index contributed by atoms with van der Waals surface area (Å²) in [6, 6.07) is 9.15. The lowest BCUT2D eigenvalue weighted by Gasteiger charge is -2.08. The highest BCUT2D eigenvalue weighted by Gasteiger charge is 2.13. The summed E-state index contributed by atoms with van der Waals surface area (Å²) < 4.78 is 5.19. The van der Waals surface area contributed by atoms with Crippen LogP contribution in [-0.2, 0) is 0 Å². The molecular weight excluding hydrogens is 254 g/mol. The minimum Gasteiger partial charge on any atom is -0.505 e. The van der Waals surface area contributed by atoms with Gasteiger partial charge in [0.2, 0.25) is 0 Å². The molecule has 1 radical (unpaired) electrons. The van der Waals surface area contributed by atoms with E-state index < -0.39 is 0 Å². The normalized spacial score (nSPS) is 10.9. The van der Waals surface area contributed by atoms with E-state index >= 15 is 0 Å². The van der Waals surface area contributed by atoms with E-state index in [1.165, 1.54) is 4.80 Å². The molecule has 0 aliphatic heterocycles. The molecule has 0 aliphatic rings. The lowest BCUT2D eigenvalue weighted by atomic mass is 10.2. The summed E-state index contributed by atoms with van der Waals surface area (Å²) in [5.74, 6) is 0.642. The van der Waals surface area contributed by atoms with Gasteiger partial charge in [-0.15, -0.1) is 15.0 Å². The molecule has 0 unspecified atom stereocenters. The van der Waals surface area contributed by atoms with Crippen LogP contribution in [0.1, 0.15) is 11.1 Å². The van der Waals surface area contributed by atoms with Crippen molar-refractivity contribution >= 4 is 11.0 Å². The number of phenolic OH excluding ortho intramolecular Hbond substituents is 1. The number of methoxy groups -OCH3 is 1. The van der Waals surface area contributed by atoms with Crippen LogP contribution in [0.3, 0.4) is 0 Å². The first-order valence-electron chi connectivity index (χ1n) is 6.15. The van der Waals surface area contributed by atoms with Crippen molar-refractivity contribution in [1.29, 1.82) is 0 Å². The molecule has 20 heavy (non-hydrogen) atoms. The van der Waals surface area contributed by atoms with Crippen molar-refractivity contribution in [3.05, 3.63) is 48.4 Å². The van der Waals surface area contributed by atoms with Crippen LogP contribution in [0.15, 0.2) is 30.3 Å². The molecule has 5 heteroatoms. The highest BCUT2D eigenvalue weighted by atomic mass is 16.5. The van der Waals surface area contributed by atoms with Crippen LogP contribution in [0.4, 0.5) is 0 Å². The maximum absolute atomic E-state index is 10.1. The maximum atomic E-state index is 10.1. The van der Waals surface area contributed by atoms with Crippen molar-refractivity contribution in [2.75, 3.05) is 7.11 Å². The third-order valence-corrected chi connectivity index (χ3v) is 3.13. The van der Waals surface area contributed by atoms with Crippen LogP contribution in [0.2, 0.25) is 0 Å². The Morgan fingerprint density at radius 3 is 2.65 bits per heavy atom. The van der Waals surface area contributed by atoms with Crippen LogP contribution in [-0.4, -0.2) is 27.2 Å². The summed E-state index contributed by atoms with van der Waals surface area (Å²) in [6.45, 7) is 5.78. The number of fused-ring (bicyclic) bond motifs is 1. The molecule has 3 rings (SSSR count). The number of rotatable bonds is 2. The van der Waals surface area contributed by atoms with Gasteiger partial charge in [0.25, 0.3) is 0 Å². The van der Waals surface area contributed by atoms with E-state index in [9.17, 15) is 5.11 Å². The SMILES string of the molecule is [CH2]c1cc(OC)cc(-n2nc3ccc(C)cc3n2)c1O. The number of aryl methyl sites for hydroxylation is 1. The smallest absolute Gasteiger partial charge is 0.146 e. The highest BCUT2D eigenvalue weighted by Crippen LogP contribution is 2.30. The number of hydrogen-bond acceptors (Lipinski definition) is 4. The van der Waals surface area contributed by atoms with Crippen molar-refractivity contribution in [3.63, 3.8) is 0 Å². The molecule has 0 bridgehead atoms. The van der Waals surface area contributed by atoms with Crippen molar-refractivity contribution in [1.82, 2.24) is 15.0 Å². The monoisotopic (exact) mass is 268 g/mol. The average molecular weight is 268 g/mol. The van der Waals surface area contributed by atoms with Gasteiger partial charge < -0.3 is 9.84 Å². The Balaban J connectivity index is 2.22. The summed E-state index contributed by atoms with van der Waals surface area (Å²) in [6.07, 6.45) is 0. The van der Waals surface area contributed by atoms with Gasteiger partial charge in [-0.2, -0.15) is 0 Å². The van der Waals surface area contributed by atoms with Crippen LogP contribution < -0.4 is 4.74 Å². The molecule has 0 aliphatic carbocycles. The minimum absolute atomic E-state index is 0.0443. The Kier molecular flexibility index (Phi) is 2.82. The maximum Gasteiger partial charge on any atom is 0.146 e. The Morgan fingerprint density at radius 1 is 1.15 bits per heavy atom. The summed E-state index contributed by atoms with van der Waals surface area (Å²) in [4.78, 5) is 1.40. The molecule has 0 spiro atoms. The fourth-order valence-corrected chi connectivity index (χ4v) is 2.05. The Morgan fingerprint density at radius 2 is 1.90 bits per heavy atom. The third-order valence-electron chi connectivity index (χ3n) is 3.13. The fraction of sp³-hybridized carbons (Fsp3) is 0.133. The number of aromatic hydroxyl groups is 1. The number of nitrogens with zero attached hydrogens (tertiary/aromatic N) is 3. The predicted octanol–water partition coefficient (Wildman–Crippen LogP) is 2.63. The summed E-state index contributed by atoms with van der Waals surface area (Å²) >= 11 is 0. The zero-order chi connectivity index (χ0) is 14.3. The van der Waals surface area contributed by atoms with E-state index in [1.807, 2.05) is 25.1 Å². The van der Waals surface area contributed by atoms with E-state index in [0.29, 0.717) is 17.0 Å². The van der Waals surface area contributed by atoms with Gasteiger partial charge in [0.1, 0.15) is 28.2 Å². The van der Waals surface area contributed by atoms with Crippen molar-refractivity contribution in [3.8, 4) is 17.2 Å². The molecule has 1 heterocycles. The van der Waals surface area contributed by atoms with Gasteiger partial charge in [0, 0.05) is 11.6 Å². The van der Waals surface area contributed by atoms with Gasteiger partial charge in [-0.25, -0.2) is 0 Å². The minimum atomic E-state index is 0.0443. The lowest BCUT2D eigenvalue weighted by Crippen LogP contribution is -2.00. The number of phenols is 1. The van der Waals surface area contributed by atoms with Crippen LogP contribution in [0, 0.1) is 13.8 Å². The quantitative estimate of drug-likeness (QED) is 0.776. The van der Waals surface area contributed by atoms with E-state index in [4.69, 9.17) is 4.74 Å². The zero-order valence-corrected chi connectivity index (χ0v) is 11.3. The van der Waals surface area contributed by atoms with Crippen molar-refractivity contribution in [2.24, 2.45) is 0 Å².